The van der Waals surface area contributed by atoms with Gasteiger partial charge < -0.3 is 10.4 Å². The average Bonchev–Trinajstić information content (AvgIpc) is 2.34. The lowest BCUT2D eigenvalue weighted by Gasteiger charge is -2.34. The van der Waals surface area contributed by atoms with Gasteiger partial charge in [-0.05, 0) is 43.5 Å². The quantitative estimate of drug-likeness (QED) is 0.901. The monoisotopic (exact) mass is 315 g/mol. The second-order valence-electron chi connectivity index (χ2n) is 4.78. The van der Waals surface area contributed by atoms with Crippen molar-refractivity contribution in [2.24, 2.45) is 5.41 Å². The number of halogens is 2. The van der Waals surface area contributed by atoms with E-state index in [9.17, 15) is 14.3 Å². The smallest absolute Gasteiger partial charge is 0.311 e. The lowest BCUT2D eigenvalue weighted by Crippen LogP contribution is -2.47. The van der Waals surface area contributed by atoms with Crippen molar-refractivity contribution in [2.45, 2.75) is 19.3 Å². The molecule has 5 heteroatoms. The summed E-state index contributed by atoms with van der Waals surface area (Å²) in [5, 5.41) is 12.6. The van der Waals surface area contributed by atoms with Gasteiger partial charge in [0.1, 0.15) is 5.82 Å². The zero-order valence-electron chi connectivity index (χ0n) is 9.88. The van der Waals surface area contributed by atoms with E-state index in [1.807, 2.05) is 0 Å². The van der Waals surface area contributed by atoms with Crippen molar-refractivity contribution < 1.29 is 14.3 Å². The van der Waals surface area contributed by atoms with Crippen molar-refractivity contribution in [1.29, 1.82) is 0 Å². The van der Waals surface area contributed by atoms with Crippen LogP contribution in [-0.2, 0) is 11.2 Å². The fourth-order valence-electron chi connectivity index (χ4n) is 2.41. The molecule has 1 saturated heterocycles. The topological polar surface area (TPSA) is 49.3 Å². The molecule has 0 bridgehead atoms. The third-order valence-electron chi connectivity index (χ3n) is 3.47. The van der Waals surface area contributed by atoms with Crippen LogP contribution in [0.25, 0.3) is 0 Å². The van der Waals surface area contributed by atoms with Crippen LogP contribution in [0.5, 0.6) is 0 Å². The molecule has 1 atom stereocenters. The van der Waals surface area contributed by atoms with Crippen LogP contribution >= 0.6 is 15.9 Å². The molecular formula is C13H15BrFNO2. The first-order valence-corrected chi connectivity index (χ1v) is 6.71. The van der Waals surface area contributed by atoms with Crippen molar-refractivity contribution in [2.75, 3.05) is 13.1 Å². The van der Waals surface area contributed by atoms with E-state index in [-0.39, 0.29) is 5.82 Å². The summed E-state index contributed by atoms with van der Waals surface area (Å²) >= 11 is 3.29. The number of carboxylic acids is 1. The summed E-state index contributed by atoms with van der Waals surface area (Å²) in [4.78, 5) is 11.5. The Hall–Kier alpha value is -0.940. The minimum atomic E-state index is -0.786. The van der Waals surface area contributed by atoms with Gasteiger partial charge in [-0.25, -0.2) is 4.39 Å². The van der Waals surface area contributed by atoms with E-state index in [2.05, 4.69) is 21.2 Å². The largest absolute Gasteiger partial charge is 0.481 e. The third-order valence-corrected chi connectivity index (χ3v) is 4.21. The van der Waals surface area contributed by atoms with Crippen LogP contribution in [0.3, 0.4) is 0 Å². The number of carboxylic acid groups (broad SMARTS) is 1. The number of hydrogen-bond donors (Lipinski definition) is 2. The highest BCUT2D eigenvalue weighted by atomic mass is 79.9. The van der Waals surface area contributed by atoms with Gasteiger partial charge in [0.15, 0.2) is 0 Å². The second-order valence-corrected chi connectivity index (χ2v) is 5.63. The Morgan fingerprint density at radius 1 is 1.56 bits per heavy atom. The molecule has 2 N–H and O–H groups in total. The zero-order valence-corrected chi connectivity index (χ0v) is 11.5. The molecule has 0 aromatic heterocycles. The maximum atomic E-state index is 13.0. The molecule has 0 amide bonds. The van der Waals surface area contributed by atoms with Crippen molar-refractivity contribution in [3.8, 4) is 0 Å². The zero-order chi connectivity index (χ0) is 13.2. The molecule has 0 spiro atoms. The summed E-state index contributed by atoms with van der Waals surface area (Å²) in [6.07, 6.45) is 1.92. The Kier molecular flexibility index (Phi) is 4.02. The normalized spacial score (nSPS) is 23.9. The van der Waals surface area contributed by atoms with Crippen LogP contribution in [0, 0.1) is 11.2 Å². The molecule has 1 heterocycles. The summed E-state index contributed by atoms with van der Waals surface area (Å²) in [5.41, 5.74) is 0.0565. The van der Waals surface area contributed by atoms with Gasteiger partial charge >= 0.3 is 5.97 Å². The summed E-state index contributed by atoms with van der Waals surface area (Å²) < 4.78 is 13.7. The third kappa shape index (κ3) is 2.72. The summed E-state index contributed by atoms with van der Waals surface area (Å²) in [5.74, 6) is -1.11. The van der Waals surface area contributed by atoms with Gasteiger partial charge in [-0.3, -0.25) is 4.79 Å². The maximum Gasteiger partial charge on any atom is 0.311 e. The highest BCUT2D eigenvalue weighted by Crippen LogP contribution is 2.33. The minimum absolute atomic E-state index is 0.322. The van der Waals surface area contributed by atoms with Crippen LogP contribution < -0.4 is 5.32 Å². The Labute approximate surface area is 114 Å². The molecule has 1 fully saturated rings. The number of hydrogen-bond acceptors (Lipinski definition) is 2. The molecule has 2 rings (SSSR count). The number of aliphatic carboxylic acids is 1. The van der Waals surface area contributed by atoms with Gasteiger partial charge in [-0.2, -0.15) is 0 Å². The van der Waals surface area contributed by atoms with E-state index in [1.54, 1.807) is 6.07 Å². The van der Waals surface area contributed by atoms with Gasteiger partial charge in [0.05, 0.1) is 5.41 Å². The molecule has 1 aliphatic heterocycles. The SMILES string of the molecule is O=C(O)C1(Cc2ccc(F)cc2Br)CCCNC1. The van der Waals surface area contributed by atoms with E-state index in [0.29, 0.717) is 23.9 Å². The molecule has 18 heavy (non-hydrogen) atoms. The molecule has 0 saturated carbocycles. The highest BCUT2D eigenvalue weighted by Gasteiger charge is 2.40. The van der Waals surface area contributed by atoms with Crippen molar-refractivity contribution >= 4 is 21.9 Å². The van der Waals surface area contributed by atoms with Crippen molar-refractivity contribution in [1.82, 2.24) is 5.32 Å². The van der Waals surface area contributed by atoms with Gasteiger partial charge in [-0.1, -0.05) is 22.0 Å². The van der Waals surface area contributed by atoms with Crippen LogP contribution in [0.1, 0.15) is 18.4 Å². The van der Waals surface area contributed by atoms with Gasteiger partial charge in [-0.15, -0.1) is 0 Å². The van der Waals surface area contributed by atoms with Crippen LogP contribution in [-0.4, -0.2) is 24.2 Å². The molecule has 0 aliphatic carbocycles. The Balaban J connectivity index is 2.26. The molecule has 3 nitrogen and oxygen atoms in total. The Morgan fingerprint density at radius 2 is 2.33 bits per heavy atom. The number of benzene rings is 1. The fourth-order valence-corrected chi connectivity index (χ4v) is 2.90. The molecule has 1 aliphatic rings. The lowest BCUT2D eigenvalue weighted by molar-refractivity contribution is -0.150. The van der Waals surface area contributed by atoms with E-state index < -0.39 is 11.4 Å². The standard InChI is InChI=1S/C13H15BrFNO2/c14-11-6-10(15)3-2-9(11)7-13(12(17)18)4-1-5-16-8-13/h2-3,6,16H,1,4-5,7-8H2,(H,17,18). The van der Waals surface area contributed by atoms with Gasteiger partial charge in [0, 0.05) is 11.0 Å². The van der Waals surface area contributed by atoms with Gasteiger partial charge in [0.25, 0.3) is 0 Å². The number of piperidine rings is 1. The Morgan fingerprint density at radius 3 is 2.89 bits per heavy atom. The minimum Gasteiger partial charge on any atom is -0.481 e. The number of rotatable bonds is 3. The van der Waals surface area contributed by atoms with Crippen LogP contribution in [0.15, 0.2) is 22.7 Å². The van der Waals surface area contributed by atoms with Crippen LogP contribution in [0.2, 0.25) is 0 Å². The highest BCUT2D eigenvalue weighted by molar-refractivity contribution is 9.10. The predicted octanol–water partition coefficient (Wildman–Crippen LogP) is 2.59. The molecule has 1 aromatic rings. The fraction of sp³-hybridized carbons (Fsp3) is 0.462. The number of nitrogens with one attached hydrogen (secondary N) is 1. The summed E-state index contributed by atoms with van der Waals surface area (Å²) in [6.45, 7) is 1.33. The second kappa shape index (κ2) is 5.36. The molecule has 1 aromatic carbocycles. The summed E-state index contributed by atoms with van der Waals surface area (Å²) in [7, 11) is 0. The predicted molar refractivity (Wildman–Crippen MR) is 70.0 cm³/mol. The van der Waals surface area contributed by atoms with E-state index in [1.165, 1.54) is 12.1 Å². The number of carbonyl (C=O) groups is 1. The first kappa shape index (κ1) is 13.5. The van der Waals surface area contributed by atoms with Crippen molar-refractivity contribution in [3.05, 3.63) is 34.1 Å². The first-order chi connectivity index (χ1) is 8.53. The molecule has 0 radical (unpaired) electrons. The molecule has 98 valence electrons. The first-order valence-electron chi connectivity index (χ1n) is 5.92. The summed E-state index contributed by atoms with van der Waals surface area (Å²) in [6, 6.07) is 4.39. The lowest BCUT2D eigenvalue weighted by atomic mass is 9.76. The van der Waals surface area contributed by atoms with Gasteiger partial charge in [0.2, 0.25) is 0 Å². The van der Waals surface area contributed by atoms with E-state index in [0.717, 1.165) is 18.5 Å². The average molecular weight is 316 g/mol. The molecule has 1 unspecified atom stereocenters. The molecular weight excluding hydrogens is 301 g/mol. The van der Waals surface area contributed by atoms with E-state index in [4.69, 9.17) is 0 Å². The maximum absolute atomic E-state index is 13.0. The van der Waals surface area contributed by atoms with E-state index >= 15 is 0 Å². The van der Waals surface area contributed by atoms with Crippen molar-refractivity contribution in [3.63, 3.8) is 0 Å². The Bertz CT molecular complexity index is 458. The van der Waals surface area contributed by atoms with Crippen LogP contribution in [0.4, 0.5) is 4.39 Å².